The van der Waals surface area contributed by atoms with Crippen molar-refractivity contribution in [1.29, 1.82) is 0 Å². The second kappa shape index (κ2) is 6.44. The van der Waals surface area contributed by atoms with Gasteiger partial charge in [-0.3, -0.25) is 0 Å². The smallest absolute Gasteiger partial charge is 0.207 e. The van der Waals surface area contributed by atoms with Gasteiger partial charge in [0.15, 0.2) is 0 Å². The summed E-state index contributed by atoms with van der Waals surface area (Å²) in [5, 5.41) is 0.202. The molecule has 0 unspecified atom stereocenters. The highest BCUT2D eigenvalue weighted by molar-refractivity contribution is 9.10. The zero-order valence-electron chi connectivity index (χ0n) is 11.1. The molecule has 2 rings (SSSR count). The molecule has 2 aromatic rings. The molecule has 0 radical (unpaired) electrons. The lowest BCUT2D eigenvalue weighted by Gasteiger charge is -2.18. The van der Waals surface area contributed by atoms with Crippen molar-refractivity contribution in [3.05, 3.63) is 63.3 Å². The minimum absolute atomic E-state index is 0.135. The molecule has 0 atom stereocenters. The average molecular weight is 393 g/mol. The summed E-state index contributed by atoms with van der Waals surface area (Å²) in [6.45, 7) is -0.135. The predicted octanol–water partition coefficient (Wildman–Crippen LogP) is 4.06. The van der Waals surface area contributed by atoms with Crippen molar-refractivity contribution in [2.24, 2.45) is 0 Å². The summed E-state index contributed by atoms with van der Waals surface area (Å²) in [4.78, 5) is 0.140. The van der Waals surface area contributed by atoms with Crippen LogP contribution in [0, 0.1) is 5.82 Å². The normalized spacial score (nSPS) is 11.9. The van der Waals surface area contributed by atoms with Crippen LogP contribution < -0.4 is 0 Å². The SMILES string of the molecule is CN(Cc1c(F)cccc1Cl)S(=O)(=O)c1ccc(Br)cc1. The van der Waals surface area contributed by atoms with E-state index < -0.39 is 15.8 Å². The van der Waals surface area contributed by atoms with Crippen LogP contribution in [0.3, 0.4) is 0 Å². The van der Waals surface area contributed by atoms with Crippen molar-refractivity contribution in [2.45, 2.75) is 11.4 Å². The molecule has 2 aromatic carbocycles. The molecule has 0 saturated carbocycles. The molecule has 0 amide bonds. The van der Waals surface area contributed by atoms with Crippen molar-refractivity contribution < 1.29 is 12.8 Å². The summed E-state index contributed by atoms with van der Waals surface area (Å²) in [5.74, 6) is -0.527. The van der Waals surface area contributed by atoms with Crippen molar-refractivity contribution in [1.82, 2.24) is 4.31 Å². The number of hydrogen-bond acceptors (Lipinski definition) is 2. The van der Waals surface area contributed by atoms with Gasteiger partial charge in [-0.2, -0.15) is 4.31 Å². The fraction of sp³-hybridized carbons (Fsp3) is 0.143. The maximum absolute atomic E-state index is 13.7. The monoisotopic (exact) mass is 391 g/mol. The lowest BCUT2D eigenvalue weighted by molar-refractivity contribution is 0.456. The largest absolute Gasteiger partial charge is 0.243 e. The number of rotatable bonds is 4. The van der Waals surface area contributed by atoms with Crippen LogP contribution in [0.4, 0.5) is 4.39 Å². The van der Waals surface area contributed by atoms with Gasteiger partial charge >= 0.3 is 0 Å². The fourth-order valence-corrected chi connectivity index (χ4v) is 3.40. The minimum Gasteiger partial charge on any atom is -0.207 e. The lowest BCUT2D eigenvalue weighted by Crippen LogP contribution is -2.27. The predicted molar refractivity (Wildman–Crippen MR) is 84.2 cm³/mol. The molecule has 0 aliphatic carbocycles. The molecule has 0 aliphatic heterocycles. The number of sulfonamides is 1. The van der Waals surface area contributed by atoms with Gasteiger partial charge in [0.2, 0.25) is 10.0 Å². The van der Waals surface area contributed by atoms with Crippen LogP contribution in [0.2, 0.25) is 5.02 Å². The van der Waals surface area contributed by atoms with Crippen LogP contribution >= 0.6 is 27.5 Å². The molecular weight excluding hydrogens is 381 g/mol. The molecule has 0 heterocycles. The van der Waals surface area contributed by atoms with E-state index in [0.29, 0.717) is 0 Å². The highest BCUT2D eigenvalue weighted by Crippen LogP contribution is 2.24. The summed E-state index contributed by atoms with van der Waals surface area (Å²) in [6, 6.07) is 10.5. The van der Waals surface area contributed by atoms with Gasteiger partial charge in [0.1, 0.15) is 5.82 Å². The van der Waals surface area contributed by atoms with Gasteiger partial charge in [-0.15, -0.1) is 0 Å². The van der Waals surface area contributed by atoms with Crippen LogP contribution in [-0.2, 0) is 16.6 Å². The summed E-state index contributed by atoms with van der Waals surface area (Å²) in [7, 11) is -2.31. The summed E-state index contributed by atoms with van der Waals surface area (Å²) >= 11 is 9.17. The van der Waals surface area contributed by atoms with E-state index in [2.05, 4.69) is 15.9 Å². The second-order valence-corrected chi connectivity index (χ2v) is 7.78. The van der Waals surface area contributed by atoms with E-state index in [1.165, 1.54) is 37.4 Å². The second-order valence-electron chi connectivity index (χ2n) is 4.42. The van der Waals surface area contributed by atoms with E-state index >= 15 is 0 Å². The first-order valence-corrected chi connectivity index (χ1v) is 8.58. The topological polar surface area (TPSA) is 37.4 Å². The minimum atomic E-state index is -3.70. The van der Waals surface area contributed by atoms with Gasteiger partial charge in [-0.1, -0.05) is 33.6 Å². The molecular formula is C14H12BrClFNO2S. The fourth-order valence-electron chi connectivity index (χ4n) is 1.78. The molecule has 0 bridgehead atoms. The van der Waals surface area contributed by atoms with E-state index in [-0.39, 0.29) is 22.0 Å². The maximum Gasteiger partial charge on any atom is 0.243 e. The molecule has 21 heavy (non-hydrogen) atoms. The van der Waals surface area contributed by atoms with Gasteiger partial charge in [-0.05, 0) is 36.4 Å². The van der Waals surface area contributed by atoms with Gasteiger partial charge < -0.3 is 0 Å². The van der Waals surface area contributed by atoms with Crippen molar-refractivity contribution >= 4 is 37.6 Å². The van der Waals surface area contributed by atoms with E-state index in [4.69, 9.17) is 11.6 Å². The molecule has 0 fully saturated rings. The third kappa shape index (κ3) is 3.63. The standard InChI is InChI=1S/C14H12BrClFNO2S/c1-18(9-12-13(16)3-2-4-14(12)17)21(19,20)11-7-5-10(15)6-8-11/h2-8H,9H2,1H3. The van der Waals surface area contributed by atoms with Crippen LogP contribution in [0.15, 0.2) is 51.8 Å². The van der Waals surface area contributed by atoms with Gasteiger partial charge in [0.05, 0.1) is 4.90 Å². The number of benzene rings is 2. The van der Waals surface area contributed by atoms with Gasteiger partial charge in [0, 0.05) is 28.7 Å². The zero-order valence-corrected chi connectivity index (χ0v) is 14.2. The van der Waals surface area contributed by atoms with Gasteiger partial charge in [-0.25, -0.2) is 12.8 Å². The molecule has 112 valence electrons. The Labute approximate surface area is 136 Å². The molecule has 0 spiro atoms. The Kier molecular flexibility index (Phi) is 5.03. The number of hydrogen-bond donors (Lipinski definition) is 0. The Hall–Kier alpha value is -0.950. The first-order chi connectivity index (χ1) is 9.82. The molecule has 0 aliphatic rings. The first-order valence-electron chi connectivity index (χ1n) is 5.97. The maximum atomic E-state index is 13.7. The third-order valence-corrected chi connectivity index (χ3v) is 5.66. The first kappa shape index (κ1) is 16.4. The Balaban J connectivity index is 2.31. The van der Waals surface area contributed by atoms with Crippen LogP contribution in [-0.4, -0.2) is 19.8 Å². The number of halogens is 3. The lowest BCUT2D eigenvalue weighted by atomic mass is 10.2. The summed E-state index contributed by atoms with van der Waals surface area (Å²) in [6.07, 6.45) is 0. The van der Waals surface area contributed by atoms with Crippen molar-refractivity contribution in [2.75, 3.05) is 7.05 Å². The Morgan fingerprint density at radius 1 is 1.19 bits per heavy atom. The van der Waals surface area contributed by atoms with E-state index in [0.717, 1.165) is 8.78 Å². The highest BCUT2D eigenvalue weighted by Gasteiger charge is 2.22. The van der Waals surface area contributed by atoms with Crippen LogP contribution in [0.1, 0.15) is 5.56 Å². The molecule has 3 nitrogen and oxygen atoms in total. The van der Waals surface area contributed by atoms with E-state index in [1.54, 1.807) is 12.1 Å². The summed E-state index contributed by atoms with van der Waals surface area (Å²) < 4.78 is 40.4. The molecule has 7 heteroatoms. The zero-order chi connectivity index (χ0) is 15.6. The van der Waals surface area contributed by atoms with Crippen molar-refractivity contribution in [3.8, 4) is 0 Å². The highest BCUT2D eigenvalue weighted by atomic mass is 79.9. The van der Waals surface area contributed by atoms with Gasteiger partial charge in [0.25, 0.3) is 0 Å². The molecule has 0 N–H and O–H groups in total. The number of nitrogens with zero attached hydrogens (tertiary/aromatic N) is 1. The Morgan fingerprint density at radius 3 is 2.38 bits per heavy atom. The van der Waals surface area contributed by atoms with E-state index in [1.807, 2.05) is 0 Å². The van der Waals surface area contributed by atoms with Crippen LogP contribution in [0.5, 0.6) is 0 Å². The average Bonchev–Trinajstić information content (AvgIpc) is 2.43. The quantitative estimate of drug-likeness (QED) is 0.787. The Morgan fingerprint density at radius 2 is 1.81 bits per heavy atom. The molecule has 0 saturated heterocycles. The summed E-state index contributed by atoms with van der Waals surface area (Å²) in [5.41, 5.74) is 0.155. The molecule has 0 aromatic heterocycles. The van der Waals surface area contributed by atoms with Crippen molar-refractivity contribution in [3.63, 3.8) is 0 Å². The van der Waals surface area contributed by atoms with Crippen LogP contribution in [0.25, 0.3) is 0 Å². The third-order valence-electron chi connectivity index (χ3n) is 2.96. The Bertz CT molecular complexity index is 730. The van der Waals surface area contributed by atoms with E-state index in [9.17, 15) is 12.8 Å².